The Balaban J connectivity index is 1.84. The summed E-state index contributed by atoms with van der Waals surface area (Å²) in [6.07, 6.45) is 1.93. The molecule has 0 radical (unpaired) electrons. The molecule has 21 heavy (non-hydrogen) atoms. The third-order valence-electron chi connectivity index (χ3n) is 3.53. The first-order valence-electron chi connectivity index (χ1n) is 6.69. The molecule has 2 atom stereocenters. The van der Waals surface area contributed by atoms with E-state index in [1.54, 1.807) is 0 Å². The Morgan fingerprint density at radius 3 is 2.57 bits per heavy atom. The van der Waals surface area contributed by atoms with E-state index in [1.165, 1.54) is 0 Å². The van der Waals surface area contributed by atoms with Crippen LogP contribution in [-0.4, -0.2) is 29.6 Å². The summed E-state index contributed by atoms with van der Waals surface area (Å²) in [5.41, 5.74) is -0.00467. The fourth-order valence-corrected chi connectivity index (χ4v) is 2.32. The summed E-state index contributed by atoms with van der Waals surface area (Å²) >= 11 is 0. The predicted molar refractivity (Wildman–Crippen MR) is 71.3 cm³/mol. The number of aliphatic hydroxyl groups excluding tert-OH is 1. The maximum Gasteiger partial charge on any atom is 0.313 e. The van der Waals surface area contributed by atoms with Crippen LogP contribution in [0.1, 0.15) is 19.3 Å². The number of halogens is 2. The topological polar surface area (TPSA) is 78.4 Å². The average Bonchev–Trinajstić information content (AvgIpc) is 2.85. The minimum atomic E-state index is -1.11. The summed E-state index contributed by atoms with van der Waals surface area (Å²) in [4.78, 5) is 23.2. The number of nitrogens with one attached hydrogen (secondary N) is 2. The standard InChI is InChI=1S/C14H16F2N2O3/c15-10-5-4-9(6-11(10)16)18-14(21)13(20)17-7-8-2-1-3-12(8)19/h4-6,8,12,19H,1-3,7H2,(H,17,20)(H,18,21). The van der Waals surface area contributed by atoms with Gasteiger partial charge in [0.15, 0.2) is 11.6 Å². The lowest BCUT2D eigenvalue weighted by Gasteiger charge is -2.14. The SMILES string of the molecule is O=C(NCC1CCCC1O)C(=O)Nc1ccc(F)c(F)c1. The quantitative estimate of drug-likeness (QED) is 0.733. The first-order valence-corrected chi connectivity index (χ1v) is 6.69. The molecule has 1 fully saturated rings. The number of anilines is 1. The molecule has 114 valence electrons. The van der Waals surface area contributed by atoms with Gasteiger partial charge in [-0.1, -0.05) is 6.42 Å². The van der Waals surface area contributed by atoms with Crippen LogP contribution < -0.4 is 10.6 Å². The van der Waals surface area contributed by atoms with Crippen LogP contribution in [0.2, 0.25) is 0 Å². The highest BCUT2D eigenvalue weighted by molar-refractivity contribution is 6.39. The van der Waals surface area contributed by atoms with E-state index in [0.717, 1.165) is 31.0 Å². The molecule has 0 aromatic heterocycles. The van der Waals surface area contributed by atoms with Crippen LogP contribution in [0.15, 0.2) is 18.2 Å². The minimum absolute atomic E-state index is 0.00467. The zero-order valence-electron chi connectivity index (χ0n) is 11.2. The Morgan fingerprint density at radius 1 is 1.19 bits per heavy atom. The van der Waals surface area contributed by atoms with Crippen molar-refractivity contribution in [3.05, 3.63) is 29.8 Å². The van der Waals surface area contributed by atoms with Gasteiger partial charge in [0.2, 0.25) is 0 Å². The summed E-state index contributed by atoms with van der Waals surface area (Å²) in [6, 6.07) is 2.81. The van der Waals surface area contributed by atoms with E-state index in [2.05, 4.69) is 10.6 Å². The molecule has 7 heteroatoms. The summed E-state index contributed by atoms with van der Waals surface area (Å²) in [6.45, 7) is 0.213. The lowest BCUT2D eigenvalue weighted by molar-refractivity contribution is -0.136. The molecule has 0 aliphatic heterocycles. The largest absolute Gasteiger partial charge is 0.393 e. The molecular weight excluding hydrogens is 282 g/mol. The van der Waals surface area contributed by atoms with Crippen LogP contribution in [0.3, 0.4) is 0 Å². The highest BCUT2D eigenvalue weighted by atomic mass is 19.2. The molecule has 5 nitrogen and oxygen atoms in total. The van der Waals surface area contributed by atoms with Gasteiger partial charge in [0.25, 0.3) is 0 Å². The molecule has 1 aromatic carbocycles. The van der Waals surface area contributed by atoms with Crippen molar-refractivity contribution in [2.75, 3.05) is 11.9 Å². The number of hydrogen-bond acceptors (Lipinski definition) is 3. The smallest absolute Gasteiger partial charge is 0.313 e. The second-order valence-corrected chi connectivity index (χ2v) is 5.05. The maximum absolute atomic E-state index is 13.0. The lowest BCUT2D eigenvalue weighted by atomic mass is 10.1. The van der Waals surface area contributed by atoms with Gasteiger partial charge in [-0.25, -0.2) is 8.78 Å². The van der Waals surface area contributed by atoms with Gasteiger partial charge in [0, 0.05) is 24.2 Å². The Bertz CT molecular complexity index is 551. The predicted octanol–water partition coefficient (Wildman–Crippen LogP) is 1.18. The van der Waals surface area contributed by atoms with Gasteiger partial charge in [-0.3, -0.25) is 9.59 Å². The Morgan fingerprint density at radius 2 is 1.95 bits per heavy atom. The molecule has 1 aromatic rings. The molecule has 0 saturated heterocycles. The maximum atomic E-state index is 13.0. The van der Waals surface area contributed by atoms with Crippen molar-refractivity contribution < 1.29 is 23.5 Å². The highest BCUT2D eigenvalue weighted by Gasteiger charge is 2.26. The van der Waals surface area contributed by atoms with E-state index in [0.29, 0.717) is 6.42 Å². The molecular formula is C14H16F2N2O3. The van der Waals surface area contributed by atoms with Crippen LogP contribution in [-0.2, 0) is 9.59 Å². The molecule has 2 amide bonds. The summed E-state index contributed by atoms with van der Waals surface area (Å²) < 4.78 is 25.7. The first-order chi connectivity index (χ1) is 9.97. The Labute approximate surface area is 120 Å². The molecule has 3 N–H and O–H groups in total. The van der Waals surface area contributed by atoms with Gasteiger partial charge in [0.1, 0.15) is 0 Å². The van der Waals surface area contributed by atoms with Gasteiger partial charge in [0.05, 0.1) is 6.10 Å². The molecule has 1 aliphatic carbocycles. The van der Waals surface area contributed by atoms with E-state index in [-0.39, 0.29) is 18.2 Å². The second-order valence-electron chi connectivity index (χ2n) is 5.05. The fraction of sp³-hybridized carbons (Fsp3) is 0.429. The second kappa shape index (κ2) is 6.62. The van der Waals surface area contributed by atoms with Gasteiger partial charge < -0.3 is 15.7 Å². The zero-order valence-corrected chi connectivity index (χ0v) is 11.2. The van der Waals surface area contributed by atoms with Crippen molar-refractivity contribution in [2.45, 2.75) is 25.4 Å². The molecule has 1 saturated carbocycles. The molecule has 0 spiro atoms. The highest BCUT2D eigenvalue weighted by Crippen LogP contribution is 2.24. The number of carbonyl (C=O) groups is 2. The van der Waals surface area contributed by atoms with Crippen LogP contribution in [0.4, 0.5) is 14.5 Å². The third kappa shape index (κ3) is 3.98. The number of aliphatic hydroxyl groups is 1. The number of amides is 2. The molecule has 0 heterocycles. The first kappa shape index (κ1) is 15.4. The van der Waals surface area contributed by atoms with Crippen molar-refractivity contribution in [2.24, 2.45) is 5.92 Å². The third-order valence-corrected chi connectivity index (χ3v) is 3.53. The van der Waals surface area contributed by atoms with Crippen molar-refractivity contribution in [3.63, 3.8) is 0 Å². The zero-order chi connectivity index (χ0) is 15.4. The van der Waals surface area contributed by atoms with Gasteiger partial charge in [-0.2, -0.15) is 0 Å². The summed E-state index contributed by atoms with van der Waals surface area (Å²) in [7, 11) is 0. The van der Waals surface area contributed by atoms with E-state index in [9.17, 15) is 23.5 Å². The monoisotopic (exact) mass is 298 g/mol. The van der Waals surface area contributed by atoms with E-state index >= 15 is 0 Å². The average molecular weight is 298 g/mol. The molecule has 0 bridgehead atoms. The van der Waals surface area contributed by atoms with Crippen molar-refractivity contribution >= 4 is 17.5 Å². The van der Waals surface area contributed by atoms with E-state index in [4.69, 9.17) is 0 Å². The van der Waals surface area contributed by atoms with Crippen molar-refractivity contribution in [1.29, 1.82) is 0 Å². The summed E-state index contributed by atoms with van der Waals surface area (Å²) in [5.74, 6) is -4.03. The molecule has 1 aliphatic rings. The van der Waals surface area contributed by atoms with Crippen LogP contribution >= 0.6 is 0 Å². The normalized spacial score (nSPS) is 21.1. The number of rotatable bonds is 3. The molecule has 2 unspecified atom stereocenters. The fourth-order valence-electron chi connectivity index (χ4n) is 2.32. The summed E-state index contributed by atoms with van der Waals surface area (Å²) in [5, 5.41) is 14.2. The van der Waals surface area contributed by atoms with Crippen LogP contribution in [0, 0.1) is 17.6 Å². The van der Waals surface area contributed by atoms with E-state index in [1.807, 2.05) is 0 Å². The van der Waals surface area contributed by atoms with Gasteiger partial charge in [-0.05, 0) is 25.0 Å². The van der Waals surface area contributed by atoms with E-state index < -0.39 is 29.6 Å². The minimum Gasteiger partial charge on any atom is -0.393 e. The van der Waals surface area contributed by atoms with Crippen molar-refractivity contribution in [3.8, 4) is 0 Å². The van der Waals surface area contributed by atoms with Crippen LogP contribution in [0.25, 0.3) is 0 Å². The van der Waals surface area contributed by atoms with Crippen LogP contribution in [0.5, 0.6) is 0 Å². The Hall–Kier alpha value is -2.02. The van der Waals surface area contributed by atoms with Crippen molar-refractivity contribution in [1.82, 2.24) is 5.32 Å². The number of hydrogen-bond donors (Lipinski definition) is 3. The molecule has 2 rings (SSSR count). The lowest BCUT2D eigenvalue weighted by Crippen LogP contribution is -2.39. The van der Waals surface area contributed by atoms with Gasteiger partial charge in [-0.15, -0.1) is 0 Å². The number of benzene rings is 1. The Kier molecular flexibility index (Phi) is 4.85. The number of carbonyl (C=O) groups excluding carboxylic acids is 2. The van der Waals surface area contributed by atoms with Gasteiger partial charge >= 0.3 is 11.8 Å².